The van der Waals surface area contributed by atoms with Gasteiger partial charge in [0, 0.05) is 0 Å². The van der Waals surface area contributed by atoms with Gasteiger partial charge in [-0.1, -0.05) is 37.8 Å². The lowest BCUT2D eigenvalue weighted by Crippen LogP contribution is -2.74. The van der Waals surface area contributed by atoms with Crippen LogP contribution in [-0.2, 0) is 20.1 Å². The van der Waals surface area contributed by atoms with Crippen LogP contribution in [0.4, 0.5) is 0 Å². The van der Waals surface area contributed by atoms with Crippen LogP contribution >= 0.6 is 0 Å². The Labute approximate surface area is 194 Å². The third kappa shape index (κ3) is 3.23. The highest BCUT2D eigenvalue weighted by Crippen LogP contribution is 2.67. The van der Waals surface area contributed by atoms with Gasteiger partial charge in [-0.15, -0.1) is 0 Å². The highest BCUT2D eigenvalue weighted by molar-refractivity contribution is 5.37. The lowest BCUT2D eigenvalue weighted by atomic mass is 9.46. The molecule has 7 nitrogen and oxygen atoms in total. The van der Waals surface area contributed by atoms with Crippen LogP contribution in [0.3, 0.4) is 0 Å². The molecule has 2 saturated heterocycles. The molecule has 33 heavy (non-hydrogen) atoms. The standard InChI is InChI=1S/C26H36O7/c1-25(16-7-4-9-18(13-16)31-24-23(29)22(28)21(27)14-30-24)26(33-32-25)17-8-5-11-20(26)19-10-3-2-6-15(19)12-17/h4,7,9,13,15,17,19-24,27-29H,2-3,5-6,8,10-12,14H2,1H3/t15?,17?,19?,20?,21-,22+,23?,24+,25?,26?/m1/s1. The first kappa shape index (κ1) is 22.3. The predicted octanol–water partition coefficient (Wildman–Crippen LogP) is 3.05. The number of aliphatic hydroxyl groups is 3. The molecule has 2 heterocycles. The Morgan fingerprint density at radius 1 is 0.970 bits per heavy atom. The number of fused-ring (bicyclic) bond motifs is 2. The molecule has 1 aromatic carbocycles. The summed E-state index contributed by atoms with van der Waals surface area (Å²) in [5.41, 5.74) is 0.138. The summed E-state index contributed by atoms with van der Waals surface area (Å²) in [6.45, 7) is 2.07. The second kappa shape index (κ2) is 8.18. The molecule has 182 valence electrons. The molecule has 1 spiro atoms. The molecule has 1 aromatic rings. The van der Waals surface area contributed by atoms with Crippen LogP contribution in [0.1, 0.15) is 63.9 Å². The summed E-state index contributed by atoms with van der Waals surface area (Å²) in [5.74, 6) is 3.09. The molecule has 3 aliphatic carbocycles. The Hall–Kier alpha value is -1.22. The third-order valence-corrected chi connectivity index (χ3v) is 9.48. The van der Waals surface area contributed by atoms with Gasteiger partial charge < -0.3 is 24.8 Å². The average molecular weight is 461 g/mol. The molecule has 2 bridgehead atoms. The van der Waals surface area contributed by atoms with Crippen molar-refractivity contribution in [1.82, 2.24) is 0 Å². The van der Waals surface area contributed by atoms with E-state index in [1.807, 2.05) is 18.2 Å². The Kier molecular flexibility index (Phi) is 5.51. The summed E-state index contributed by atoms with van der Waals surface area (Å²) in [7, 11) is 0. The van der Waals surface area contributed by atoms with Crippen LogP contribution in [0.5, 0.6) is 5.75 Å². The Balaban J connectivity index is 1.28. The number of hydrogen-bond donors (Lipinski definition) is 3. The van der Waals surface area contributed by atoms with Gasteiger partial charge in [0.2, 0.25) is 6.29 Å². The zero-order valence-corrected chi connectivity index (χ0v) is 19.3. The van der Waals surface area contributed by atoms with Gasteiger partial charge in [0.1, 0.15) is 29.7 Å². The van der Waals surface area contributed by atoms with Crippen molar-refractivity contribution in [2.24, 2.45) is 23.7 Å². The summed E-state index contributed by atoms with van der Waals surface area (Å²) in [4.78, 5) is 12.2. The maximum absolute atomic E-state index is 10.3. The minimum Gasteiger partial charge on any atom is -0.462 e. The molecule has 5 aliphatic rings. The van der Waals surface area contributed by atoms with Crippen LogP contribution in [0.2, 0.25) is 0 Å². The van der Waals surface area contributed by atoms with E-state index in [9.17, 15) is 15.3 Å². The van der Waals surface area contributed by atoms with Crippen molar-refractivity contribution >= 4 is 0 Å². The average Bonchev–Trinajstić information content (AvgIpc) is 2.83. The maximum atomic E-state index is 10.3. The molecule has 0 amide bonds. The van der Waals surface area contributed by atoms with E-state index in [-0.39, 0.29) is 12.2 Å². The fraction of sp³-hybridized carbons (Fsp3) is 0.769. The van der Waals surface area contributed by atoms with E-state index in [0.29, 0.717) is 17.6 Å². The van der Waals surface area contributed by atoms with Crippen LogP contribution in [0.25, 0.3) is 0 Å². The lowest BCUT2D eigenvalue weighted by molar-refractivity contribution is -0.590. The predicted molar refractivity (Wildman–Crippen MR) is 118 cm³/mol. The molecular weight excluding hydrogens is 424 g/mol. The minimum atomic E-state index is -1.33. The molecule has 2 aliphatic heterocycles. The molecule has 7 heteroatoms. The van der Waals surface area contributed by atoms with Crippen molar-refractivity contribution < 1.29 is 34.6 Å². The third-order valence-electron chi connectivity index (χ3n) is 9.48. The Morgan fingerprint density at radius 3 is 2.64 bits per heavy atom. The zero-order valence-electron chi connectivity index (χ0n) is 19.3. The lowest BCUT2D eigenvalue weighted by Gasteiger charge is -2.68. The van der Waals surface area contributed by atoms with E-state index < -0.39 is 30.2 Å². The Bertz CT molecular complexity index is 878. The number of rotatable bonds is 3. The quantitative estimate of drug-likeness (QED) is 0.597. The van der Waals surface area contributed by atoms with E-state index in [1.54, 1.807) is 0 Å². The fourth-order valence-corrected chi connectivity index (χ4v) is 7.86. The van der Waals surface area contributed by atoms with Gasteiger partial charge in [0.05, 0.1) is 6.61 Å². The van der Waals surface area contributed by atoms with Gasteiger partial charge in [0.25, 0.3) is 0 Å². The second-order valence-electron chi connectivity index (χ2n) is 11.1. The summed E-state index contributed by atoms with van der Waals surface area (Å²) < 4.78 is 11.3. The van der Waals surface area contributed by atoms with Crippen molar-refractivity contribution in [2.75, 3.05) is 6.61 Å². The number of hydrogen-bond acceptors (Lipinski definition) is 7. The number of aliphatic hydroxyl groups excluding tert-OH is 3. The molecule has 3 saturated carbocycles. The largest absolute Gasteiger partial charge is 0.462 e. The minimum absolute atomic E-state index is 0.0910. The van der Waals surface area contributed by atoms with E-state index in [0.717, 1.165) is 17.4 Å². The molecule has 10 atom stereocenters. The van der Waals surface area contributed by atoms with Crippen molar-refractivity contribution in [2.45, 2.75) is 94.1 Å². The van der Waals surface area contributed by atoms with E-state index >= 15 is 0 Å². The van der Waals surface area contributed by atoms with Gasteiger partial charge in [-0.05, 0) is 74.0 Å². The molecule has 5 fully saturated rings. The molecule has 3 N–H and O–H groups in total. The summed E-state index contributed by atoms with van der Waals surface area (Å²) in [6.07, 6.45) is 5.45. The van der Waals surface area contributed by atoms with E-state index in [4.69, 9.17) is 19.2 Å². The van der Waals surface area contributed by atoms with E-state index in [1.165, 1.54) is 51.4 Å². The smallest absolute Gasteiger partial charge is 0.228 e. The van der Waals surface area contributed by atoms with Crippen LogP contribution in [0, 0.1) is 23.7 Å². The van der Waals surface area contributed by atoms with Gasteiger partial charge in [-0.25, -0.2) is 9.78 Å². The second-order valence-corrected chi connectivity index (χ2v) is 11.1. The van der Waals surface area contributed by atoms with Crippen molar-refractivity contribution in [3.63, 3.8) is 0 Å². The molecular formula is C26H36O7. The SMILES string of the molecule is CC1(c2cccc(O[C@@H]3OC[C@@H](O)[C@H](O)C3O)c2)OOC12C1CCCC2C2CCCCC2C1. The monoisotopic (exact) mass is 460 g/mol. The molecule has 6 rings (SSSR count). The summed E-state index contributed by atoms with van der Waals surface area (Å²) in [5, 5.41) is 30.0. The fourth-order valence-electron chi connectivity index (χ4n) is 7.86. The van der Waals surface area contributed by atoms with E-state index in [2.05, 4.69) is 13.0 Å². The van der Waals surface area contributed by atoms with Crippen LogP contribution < -0.4 is 4.74 Å². The van der Waals surface area contributed by atoms with Crippen LogP contribution in [-0.4, -0.2) is 52.1 Å². The van der Waals surface area contributed by atoms with Gasteiger partial charge in [-0.2, -0.15) is 0 Å². The topological polar surface area (TPSA) is 97.6 Å². The van der Waals surface area contributed by atoms with Gasteiger partial charge >= 0.3 is 0 Å². The first-order valence-electron chi connectivity index (χ1n) is 12.7. The number of benzene rings is 1. The highest BCUT2D eigenvalue weighted by Gasteiger charge is 2.73. The van der Waals surface area contributed by atoms with Crippen molar-refractivity contribution in [1.29, 1.82) is 0 Å². The molecule has 0 aromatic heterocycles. The van der Waals surface area contributed by atoms with Gasteiger partial charge in [-0.3, -0.25) is 0 Å². The molecule has 0 radical (unpaired) electrons. The zero-order chi connectivity index (χ0) is 22.8. The van der Waals surface area contributed by atoms with Gasteiger partial charge in [0.15, 0.2) is 5.60 Å². The van der Waals surface area contributed by atoms with Crippen LogP contribution in [0.15, 0.2) is 24.3 Å². The first-order chi connectivity index (χ1) is 15.9. The summed E-state index contributed by atoms with van der Waals surface area (Å²) >= 11 is 0. The first-order valence-corrected chi connectivity index (χ1v) is 12.7. The normalized spacial score (nSPS) is 49.2. The van der Waals surface area contributed by atoms with Crippen molar-refractivity contribution in [3.05, 3.63) is 29.8 Å². The number of ether oxygens (including phenoxy) is 2. The maximum Gasteiger partial charge on any atom is 0.228 e. The van der Waals surface area contributed by atoms with Crippen molar-refractivity contribution in [3.8, 4) is 5.75 Å². The highest BCUT2D eigenvalue weighted by atomic mass is 17.3. The molecule has 7 unspecified atom stereocenters. The summed E-state index contributed by atoms with van der Waals surface area (Å²) in [6, 6.07) is 7.75. The Morgan fingerprint density at radius 2 is 1.82 bits per heavy atom.